The van der Waals surface area contributed by atoms with Crippen molar-refractivity contribution in [3.8, 4) is 5.75 Å². The maximum Gasteiger partial charge on any atom is 0.242 e. The van der Waals surface area contributed by atoms with Gasteiger partial charge in [0, 0.05) is 35.6 Å². The molecule has 1 aliphatic carbocycles. The number of anilines is 1. The van der Waals surface area contributed by atoms with E-state index >= 15 is 0 Å². The van der Waals surface area contributed by atoms with Crippen molar-refractivity contribution in [3.05, 3.63) is 58.1 Å². The maximum absolute atomic E-state index is 13.5. The first kappa shape index (κ1) is 31.0. The van der Waals surface area contributed by atoms with Gasteiger partial charge in [-0.3, -0.25) is 13.9 Å². The molecule has 0 aromatic heterocycles. The fourth-order valence-electron chi connectivity index (χ4n) is 4.69. The van der Waals surface area contributed by atoms with Crippen molar-refractivity contribution in [2.45, 2.75) is 71.0 Å². The first-order chi connectivity index (χ1) is 18.5. The van der Waals surface area contributed by atoms with Crippen LogP contribution in [0, 0.1) is 0 Å². The van der Waals surface area contributed by atoms with Gasteiger partial charge in [0.15, 0.2) is 0 Å². The molecule has 1 fully saturated rings. The van der Waals surface area contributed by atoms with Gasteiger partial charge < -0.3 is 15.0 Å². The highest BCUT2D eigenvalue weighted by atomic mass is 35.5. The zero-order valence-corrected chi connectivity index (χ0v) is 25.0. The van der Waals surface area contributed by atoms with Gasteiger partial charge in [0.25, 0.3) is 0 Å². The zero-order valence-electron chi connectivity index (χ0n) is 22.7. The summed E-state index contributed by atoms with van der Waals surface area (Å²) in [5.41, 5.74) is 1.16. The van der Waals surface area contributed by atoms with Crippen LogP contribution in [0.2, 0.25) is 10.0 Å². The minimum atomic E-state index is -3.59. The van der Waals surface area contributed by atoms with Crippen LogP contribution in [0.15, 0.2) is 42.5 Å². The Morgan fingerprint density at radius 3 is 2.36 bits per heavy atom. The van der Waals surface area contributed by atoms with Gasteiger partial charge in [0.2, 0.25) is 21.8 Å². The number of nitrogens with zero attached hydrogens (tertiary/aromatic N) is 2. The largest absolute Gasteiger partial charge is 0.494 e. The van der Waals surface area contributed by atoms with Crippen LogP contribution in [0.5, 0.6) is 5.75 Å². The maximum atomic E-state index is 13.5. The van der Waals surface area contributed by atoms with Gasteiger partial charge in [0.1, 0.15) is 11.8 Å². The van der Waals surface area contributed by atoms with Crippen molar-refractivity contribution in [2.75, 3.05) is 23.7 Å². The molecule has 8 nitrogen and oxygen atoms in total. The van der Waals surface area contributed by atoms with Crippen LogP contribution < -0.4 is 14.4 Å². The molecule has 0 saturated heterocycles. The van der Waals surface area contributed by atoms with Crippen LogP contribution >= 0.6 is 23.2 Å². The van der Waals surface area contributed by atoms with Crippen molar-refractivity contribution < 1.29 is 22.7 Å². The van der Waals surface area contributed by atoms with E-state index in [1.165, 1.54) is 9.21 Å². The first-order valence-corrected chi connectivity index (χ1v) is 15.8. The van der Waals surface area contributed by atoms with Crippen molar-refractivity contribution in [2.24, 2.45) is 0 Å². The molecule has 0 radical (unpaired) electrons. The number of rotatable bonds is 13. The molecule has 0 unspecified atom stereocenters. The van der Waals surface area contributed by atoms with E-state index in [2.05, 4.69) is 5.32 Å². The smallest absolute Gasteiger partial charge is 0.242 e. The van der Waals surface area contributed by atoms with Gasteiger partial charge >= 0.3 is 0 Å². The lowest BCUT2D eigenvalue weighted by molar-refractivity contribution is -0.140. The molecule has 1 saturated carbocycles. The van der Waals surface area contributed by atoms with Crippen molar-refractivity contribution in [1.29, 1.82) is 0 Å². The molecular formula is C28H37Cl2N3O5S. The Labute approximate surface area is 241 Å². The molecule has 0 heterocycles. The summed E-state index contributed by atoms with van der Waals surface area (Å²) in [7, 11) is -3.59. The second kappa shape index (κ2) is 14.2. The molecule has 11 heteroatoms. The van der Waals surface area contributed by atoms with Crippen LogP contribution in [0.25, 0.3) is 0 Å². The quantitative estimate of drug-likeness (QED) is 0.333. The summed E-state index contributed by atoms with van der Waals surface area (Å²) in [4.78, 5) is 28.1. The second-order valence-corrected chi connectivity index (χ2v) is 12.5. The van der Waals surface area contributed by atoms with Crippen LogP contribution in [-0.2, 0) is 26.2 Å². The summed E-state index contributed by atoms with van der Waals surface area (Å²) >= 11 is 12.4. The minimum Gasteiger partial charge on any atom is -0.494 e. The fourth-order valence-corrected chi connectivity index (χ4v) is 6.12. The Balaban J connectivity index is 1.73. The summed E-state index contributed by atoms with van der Waals surface area (Å²) < 4.78 is 31.8. The fraction of sp³-hybridized carbons (Fsp3) is 0.500. The van der Waals surface area contributed by atoms with Crippen LogP contribution in [0.1, 0.15) is 57.9 Å². The molecule has 214 valence electrons. The SMILES string of the molecule is CCOc1ccc(N(CCCC(=O)N(Cc2ccc(Cl)cc2Cl)[C@@H](C)C(=O)NC2CCCC2)S(C)(=O)=O)cc1. The Bertz CT molecular complexity index is 1230. The third kappa shape index (κ3) is 9.01. The minimum absolute atomic E-state index is 0.0509. The normalized spacial score (nSPS) is 14.6. The lowest BCUT2D eigenvalue weighted by atomic mass is 10.1. The second-order valence-electron chi connectivity index (χ2n) is 9.79. The van der Waals surface area contributed by atoms with E-state index in [9.17, 15) is 18.0 Å². The highest BCUT2D eigenvalue weighted by Crippen LogP contribution is 2.25. The van der Waals surface area contributed by atoms with Crippen molar-refractivity contribution >= 4 is 50.7 Å². The molecule has 2 amide bonds. The third-order valence-corrected chi connectivity index (χ3v) is 8.59. The number of hydrogen-bond acceptors (Lipinski definition) is 5. The van der Waals surface area contributed by atoms with Gasteiger partial charge in [-0.2, -0.15) is 0 Å². The summed E-state index contributed by atoms with van der Waals surface area (Å²) in [6.07, 6.45) is 5.47. The number of benzene rings is 2. The monoisotopic (exact) mass is 597 g/mol. The molecule has 2 aromatic carbocycles. The van der Waals surface area contributed by atoms with Crippen LogP contribution in [0.3, 0.4) is 0 Å². The number of carbonyl (C=O) groups excluding carboxylic acids is 2. The standard InChI is InChI=1S/C28H37Cl2N3O5S/c1-4-38-25-15-13-24(14-16-25)33(39(3,36)37)17-7-10-27(34)32(19-21-11-12-22(29)18-26(21)30)20(2)28(35)31-23-8-5-6-9-23/h11-16,18,20,23H,4-10,17,19H2,1-3H3,(H,31,35)/t20-/m0/s1. The van der Waals surface area contributed by atoms with Gasteiger partial charge in [-0.1, -0.05) is 42.1 Å². The highest BCUT2D eigenvalue weighted by molar-refractivity contribution is 7.92. The van der Waals surface area contributed by atoms with E-state index in [0.717, 1.165) is 31.9 Å². The topological polar surface area (TPSA) is 96.0 Å². The van der Waals surface area contributed by atoms with E-state index in [0.29, 0.717) is 33.7 Å². The number of carbonyl (C=O) groups is 2. The Morgan fingerprint density at radius 2 is 1.77 bits per heavy atom. The Kier molecular flexibility index (Phi) is 11.3. The van der Waals surface area contributed by atoms with E-state index in [1.807, 2.05) is 6.92 Å². The van der Waals surface area contributed by atoms with E-state index in [-0.39, 0.29) is 43.8 Å². The number of ether oxygens (including phenoxy) is 1. The molecule has 0 aliphatic heterocycles. The van der Waals surface area contributed by atoms with Crippen LogP contribution in [-0.4, -0.2) is 56.6 Å². The lowest BCUT2D eigenvalue weighted by Gasteiger charge is -2.30. The summed E-state index contributed by atoms with van der Waals surface area (Å²) in [5.74, 6) is 0.161. The van der Waals surface area contributed by atoms with Gasteiger partial charge in [-0.15, -0.1) is 0 Å². The van der Waals surface area contributed by atoms with Gasteiger partial charge in [-0.25, -0.2) is 8.42 Å². The predicted octanol–water partition coefficient (Wildman–Crippen LogP) is 5.41. The average Bonchev–Trinajstić information content (AvgIpc) is 3.39. The van der Waals surface area contributed by atoms with Crippen molar-refractivity contribution in [3.63, 3.8) is 0 Å². The zero-order chi connectivity index (χ0) is 28.6. The molecule has 1 aliphatic rings. The van der Waals surface area contributed by atoms with E-state index in [1.54, 1.807) is 49.4 Å². The lowest BCUT2D eigenvalue weighted by Crippen LogP contribution is -2.49. The molecule has 0 spiro atoms. The van der Waals surface area contributed by atoms with Crippen molar-refractivity contribution in [1.82, 2.24) is 10.2 Å². The Hall–Kier alpha value is -2.49. The Morgan fingerprint density at radius 1 is 1.10 bits per heavy atom. The van der Waals surface area contributed by atoms with E-state index in [4.69, 9.17) is 27.9 Å². The van der Waals surface area contributed by atoms with Crippen LogP contribution in [0.4, 0.5) is 5.69 Å². The van der Waals surface area contributed by atoms with E-state index < -0.39 is 16.1 Å². The van der Waals surface area contributed by atoms with Gasteiger partial charge in [0.05, 0.1) is 18.6 Å². The third-order valence-electron chi connectivity index (χ3n) is 6.81. The number of halogens is 2. The molecule has 0 bridgehead atoms. The summed E-state index contributed by atoms with van der Waals surface area (Å²) in [6.45, 7) is 4.32. The first-order valence-electron chi connectivity index (χ1n) is 13.2. The van der Waals surface area contributed by atoms with Gasteiger partial charge in [-0.05, 0) is 75.1 Å². The highest BCUT2D eigenvalue weighted by Gasteiger charge is 2.29. The number of amides is 2. The predicted molar refractivity (Wildman–Crippen MR) is 156 cm³/mol. The molecule has 39 heavy (non-hydrogen) atoms. The summed E-state index contributed by atoms with van der Waals surface area (Å²) in [5, 5.41) is 3.95. The number of sulfonamides is 1. The number of nitrogens with one attached hydrogen (secondary N) is 1. The molecule has 3 rings (SSSR count). The number of hydrogen-bond donors (Lipinski definition) is 1. The average molecular weight is 599 g/mol. The molecule has 1 N–H and O–H groups in total. The molecule has 2 aromatic rings. The molecule has 1 atom stereocenters. The molecular weight excluding hydrogens is 561 g/mol. The summed E-state index contributed by atoms with van der Waals surface area (Å²) in [6, 6.07) is 11.2.